The number of hydrogen-bond acceptors (Lipinski definition) is 5. The maximum absolute atomic E-state index is 12.3. The van der Waals surface area contributed by atoms with Crippen LogP contribution in [-0.4, -0.2) is 44.8 Å². The molecule has 2 aromatic carbocycles. The van der Waals surface area contributed by atoms with E-state index in [2.05, 4.69) is 5.32 Å². The van der Waals surface area contributed by atoms with Gasteiger partial charge in [0.2, 0.25) is 0 Å². The van der Waals surface area contributed by atoms with Gasteiger partial charge >= 0.3 is 5.97 Å². The minimum absolute atomic E-state index is 0.333. The fraction of sp³-hybridized carbons (Fsp3) is 0.333. The number of esters is 1. The van der Waals surface area contributed by atoms with Gasteiger partial charge in [-0.05, 0) is 31.2 Å². The molecule has 31 heavy (non-hydrogen) atoms. The average Bonchev–Trinajstić information content (AvgIpc) is 3.23. The highest BCUT2D eigenvalue weighted by atomic mass is 16.5. The second-order valence-corrected chi connectivity index (χ2v) is 7.79. The summed E-state index contributed by atoms with van der Waals surface area (Å²) in [6.45, 7) is 5.95. The summed E-state index contributed by atoms with van der Waals surface area (Å²) in [4.78, 5) is 26.0. The Balaban J connectivity index is 1.25. The number of benzene rings is 2. The van der Waals surface area contributed by atoms with Crippen LogP contribution in [0.4, 0.5) is 0 Å². The maximum atomic E-state index is 12.3. The summed E-state index contributed by atoms with van der Waals surface area (Å²) < 4.78 is 16.3. The monoisotopic (exact) mass is 423 g/mol. The van der Waals surface area contributed by atoms with Crippen LogP contribution in [0, 0.1) is 0 Å². The molecule has 0 aliphatic carbocycles. The van der Waals surface area contributed by atoms with Crippen LogP contribution in [0.5, 0.6) is 0 Å². The zero-order valence-electron chi connectivity index (χ0n) is 17.6. The van der Waals surface area contributed by atoms with E-state index in [1.807, 2.05) is 49.4 Å². The molecule has 3 aromatic rings. The number of carbonyl (C=O) groups is 2. The molecular weight excluding hydrogens is 396 g/mol. The fourth-order valence-corrected chi connectivity index (χ4v) is 3.67. The van der Waals surface area contributed by atoms with Crippen molar-refractivity contribution in [3.63, 3.8) is 0 Å². The first-order chi connectivity index (χ1) is 15.1. The summed E-state index contributed by atoms with van der Waals surface area (Å²) in [5.41, 5.74) is 2.36. The second kappa shape index (κ2) is 9.76. The Morgan fingerprint density at radius 1 is 1.10 bits per heavy atom. The first kappa shape index (κ1) is 21.1. The first-order valence-corrected chi connectivity index (χ1v) is 10.5. The normalized spacial score (nSPS) is 15.5. The molecule has 1 aliphatic rings. The third-order valence-corrected chi connectivity index (χ3v) is 5.43. The van der Waals surface area contributed by atoms with E-state index in [9.17, 15) is 9.59 Å². The molecule has 1 fully saturated rings. The minimum Gasteiger partial charge on any atom is -0.459 e. The van der Waals surface area contributed by atoms with Gasteiger partial charge in [0.15, 0.2) is 6.61 Å². The molecule has 4 rings (SSSR count). The number of amides is 1. The number of quaternary nitrogens is 1. The molecule has 1 saturated heterocycles. The third-order valence-electron chi connectivity index (χ3n) is 5.43. The number of fused-ring (bicyclic) bond motifs is 1. The van der Waals surface area contributed by atoms with Gasteiger partial charge in [0.05, 0.1) is 24.8 Å². The SMILES string of the molecule is C[C@H](NC(=O)COC(=O)c1ccc(C[NH+]2CCOCC2)cc1)c1cc2ccccc2o1. The second-order valence-electron chi connectivity index (χ2n) is 7.79. The van der Waals surface area contributed by atoms with Gasteiger partial charge in [0.25, 0.3) is 5.91 Å². The summed E-state index contributed by atoms with van der Waals surface area (Å²) in [5.74, 6) is -0.246. The number of morpholine rings is 1. The Bertz CT molecular complexity index is 1000. The van der Waals surface area contributed by atoms with Crippen LogP contribution in [-0.2, 0) is 20.8 Å². The van der Waals surface area contributed by atoms with Crippen LogP contribution < -0.4 is 10.2 Å². The van der Waals surface area contributed by atoms with E-state index in [1.165, 1.54) is 4.90 Å². The number of carbonyl (C=O) groups excluding carboxylic acids is 2. The zero-order chi connectivity index (χ0) is 21.6. The van der Waals surface area contributed by atoms with Crippen LogP contribution >= 0.6 is 0 Å². The number of furan rings is 1. The summed E-state index contributed by atoms with van der Waals surface area (Å²) in [6.07, 6.45) is 0. The van der Waals surface area contributed by atoms with Crippen molar-refractivity contribution in [2.24, 2.45) is 0 Å². The van der Waals surface area contributed by atoms with E-state index in [0.717, 1.165) is 49.4 Å². The molecule has 0 radical (unpaired) electrons. The molecule has 0 bridgehead atoms. The van der Waals surface area contributed by atoms with Crippen LogP contribution in [0.15, 0.2) is 59.0 Å². The molecule has 1 aliphatic heterocycles. The molecule has 0 saturated carbocycles. The molecule has 7 nitrogen and oxygen atoms in total. The van der Waals surface area contributed by atoms with Crippen LogP contribution in [0.25, 0.3) is 11.0 Å². The standard InChI is InChI=1S/C24H26N2O5/c1-17(22-14-20-4-2-3-5-21(20)31-22)25-23(27)16-30-24(28)19-8-6-18(7-9-19)15-26-10-12-29-13-11-26/h2-9,14,17H,10-13,15-16H2,1H3,(H,25,27)/p+1/t17-/m0/s1. The van der Waals surface area contributed by atoms with Crippen LogP contribution in [0.1, 0.15) is 34.6 Å². The van der Waals surface area contributed by atoms with Gasteiger partial charge in [-0.2, -0.15) is 0 Å². The Morgan fingerprint density at radius 3 is 2.58 bits per heavy atom. The molecule has 0 unspecified atom stereocenters. The molecular formula is C24H27N2O5+. The lowest BCUT2D eigenvalue weighted by Crippen LogP contribution is -3.12. The number of nitrogens with one attached hydrogen (secondary N) is 2. The fourth-order valence-electron chi connectivity index (χ4n) is 3.67. The van der Waals surface area contributed by atoms with Crippen molar-refractivity contribution in [3.05, 3.63) is 71.5 Å². The minimum atomic E-state index is -0.517. The highest BCUT2D eigenvalue weighted by Gasteiger charge is 2.17. The van der Waals surface area contributed by atoms with Crippen molar-refractivity contribution in [3.8, 4) is 0 Å². The van der Waals surface area contributed by atoms with Crippen molar-refractivity contribution in [1.82, 2.24) is 5.32 Å². The quantitative estimate of drug-likeness (QED) is 0.567. The van der Waals surface area contributed by atoms with Crippen molar-refractivity contribution < 1.29 is 28.4 Å². The first-order valence-electron chi connectivity index (χ1n) is 10.5. The summed E-state index contributed by atoms with van der Waals surface area (Å²) in [6, 6.07) is 16.6. The molecule has 162 valence electrons. The highest BCUT2D eigenvalue weighted by Crippen LogP contribution is 2.23. The Kier molecular flexibility index (Phi) is 6.64. The molecule has 1 amide bonds. The summed E-state index contributed by atoms with van der Waals surface area (Å²) in [5, 5.41) is 3.77. The number of hydrogen-bond donors (Lipinski definition) is 2. The lowest BCUT2D eigenvalue weighted by Gasteiger charge is -2.23. The van der Waals surface area contributed by atoms with E-state index in [0.29, 0.717) is 11.3 Å². The Morgan fingerprint density at radius 2 is 1.84 bits per heavy atom. The number of para-hydroxylation sites is 1. The molecule has 2 N–H and O–H groups in total. The predicted octanol–water partition coefficient (Wildman–Crippen LogP) is 1.88. The summed E-state index contributed by atoms with van der Waals surface area (Å²) in [7, 11) is 0. The van der Waals surface area contributed by atoms with Gasteiger partial charge in [-0.1, -0.05) is 30.3 Å². The average molecular weight is 423 g/mol. The smallest absolute Gasteiger partial charge is 0.338 e. The maximum Gasteiger partial charge on any atom is 0.338 e. The van der Waals surface area contributed by atoms with Crippen molar-refractivity contribution in [1.29, 1.82) is 0 Å². The number of ether oxygens (including phenoxy) is 2. The highest BCUT2D eigenvalue weighted by molar-refractivity contribution is 5.91. The topological polar surface area (TPSA) is 82.2 Å². The van der Waals surface area contributed by atoms with E-state index < -0.39 is 5.97 Å². The molecule has 7 heteroatoms. The lowest BCUT2D eigenvalue weighted by molar-refractivity contribution is -0.921. The Hall–Kier alpha value is -3.16. The van der Waals surface area contributed by atoms with E-state index >= 15 is 0 Å². The van der Waals surface area contributed by atoms with Crippen LogP contribution in [0.3, 0.4) is 0 Å². The van der Waals surface area contributed by atoms with Crippen molar-refractivity contribution in [2.75, 3.05) is 32.9 Å². The van der Waals surface area contributed by atoms with Crippen LogP contribution in [0.2, 0.25) is 0 Å². The lowest BCUT2D eigenvalue weighted by atomic mass is 10.1. The van der Waals surface area contributed by atoms with Gasteiger partial charge in [-0.25, -0.2) is 4.79 Å². The molecule has 1 aromatic heterocycles. The molecule has 0 spiro atoms. The summed E-state index contributed by atoms with van der Waals surface area (Å²) >= 11 is 0. The largest absolute Gasteiger partial charge is 0.459 e. The predicted molar refractivity (Wildman–Crippen MR) is 115 cm³/mol. The zero-order valence-corrected chi connectivity index (χ0v) is 17.6. The number of rotatable bonds is 7. The van der Waals surface area contributed by atoms with Gasteiger partial charge in [0.1, 0.15) is 31.0 Å². The van der Waals surface area contributed by atoms with Gasteiger partial charge in [0, 0.05) is 10.9 Å². The van der Waals surface area contributed by atoms with E-state index in [-0.39, 0.29) is 18.6 Å². The van der Waals surface area contributed by atoms with Gasteiger partial charge in [-0.3, -0.25) is 4.79 Å². The molecule has 2 heterocycles. The van der Waals surface area contributed by atoms with E-state index in [1.54, 1.807) is 12.1 Å². The third kappa shape index (κ3) is 5.51. The van der Waals surface area contributed by atoms with Gasteiger partial charge in [-0.15, -0.1) is 0 Å². The van der Waals surface area contributed by atoms with E-state index in [4.69, 9.17) is 13.9 Å². The van der Waals surface area contributed by atoms with Gasteiger partial charge < -0.3 is 24.1 Å². The Labute approximate surface area is 180 Å². The van der Waals surface area contributed by atoms with Crippen molar-refractivity contribution in [2.45, 2.75) is 19.5 Å². The molecule has 1 atom stereocenters. The van der Waals surface area contributed by atoms with Crippen molar-refractivity contribution >= 4 is 22.8 Å².